The Morgan fingerprint density at radius 1 is 1.17 bits per heavy atom. The number of imidazole rings is 1. The van der Waals surface area contributed by atoms with Crippen molar-refractivity contribution in [1.82, 2.24) is 24.3 Å². The molecule has 0 spiro atoms. The average Bonchev–Trinajstić information content (AvgIpc) is 3.55. The number of rotatable bonds is 8. The standard InChI is InChI=1S/C32H41F2N7/c1-5-39-18-23-8-9-24(19-39)40(23)17-21(15-35)7-6-20(2)37-29-14-25(27(34)16-36-29)22-12-26(33)31-28(13-22)41-30(38-31)10-11-32(41,3)4/h6-7,12-16,20,23-24H,5,8-11,17-19,35H2,1-4H3,(H,36,37)/b7-6-,21-15+. The van der Waals surface area contributed by atoms with Crippen LogP contribution in [0.4, 0.5) is 14.6 Å². The number of piperazine rings is 1. The highest BCUT2D eigenvalue weighted by atomic mass is 19.1. The van der Waals surface area contributed by atoms with Crippen LogP contribution in [0.15, 0.2) is 48.3 Å². The summed E-state index contributed by atoms with van der Waals surface area (Å²) in [5.41, 5.74) is 8.75. The van der Waals surface area contributed by atoms with Gasteiger partial charge in [0.15, 0.2) is 5.82 Å². The Hall–Kier alpha value is -3.30. The smallest absolute Gasteiger partial charge is 0.151 e. The number of hydrogen-bond acceptors (Lipinski definition) is 6. The highest BCUT2D eigenvalue weighted by Gasteiger charge is 2.39. The Kier molecular flexibility index (Phi) is 7.36. The van der Waals surface area contributed by atoms with Gasteiger partial charge < -0.3 is 20.5 Å². The van der Waals surface area contributed by atoms with Crippen molar-refractivity contribution in [2.24, 2.45) is 5.73 Å². The molecule has 3 atom stereocenters. The number of hydrogen-bond donors (Lipinski definition) is 2. The van der Waals surface area contributed by atoms with E-state index in [2.05, 4.69) is 62.6 Å². The van der Waals surface area contributed by atoms with Gasteiger partial charge in [0, 0.05) is 55.3 Å². The van der Waals surface area contributed by atoms with Crippen LogP contribution in [0.25, 0.3) is 22.2 Å². The first-order valence-electron chi connectivity index (χ1n) is 14.9. The Bertz CT molecular complexity index is 1490. The molecular formula is C32H41F2N7. The Labute approximate surface area is 241 Å². The van der Waals surface area contributed by atoms with Crippen LogP contribution in [0, 0.1) is 11.6 Å². The number of likely N-dealkylation sites (N-methyl/N-ethyl adjacent to an activating group) is 1. The summed E-state index contributed by atoms with van der Waals surface area (Å²) in [6.07, 6.45) is 11.3. The molecule has 2 bridgehead atoms. The number of pyridine rings is 1. The molecule has 3 unspecified atom stereocenters. The fourth-order valence-electron chi connectivity index (χ4n) is 6.97. The first-order valence-corrected chi connectivity index (χ1v) is 14.9. The molecule has 0 amide bonds. The molecular weight excluding hydrogens is 520 g/mol. The van der Waals surface area contributed by atoms with Gasteiger partial charge in [-0.25, -0.2) is 18.7 Å². The van der Waals surface area contributed by atoms with E-state index >= 15 is 8.78 Å². The number of nitrogens with one attached hydrogen (secondary N) is 1. The molecule has 5 heterocycles. The Morgan fingerprint density at radius 2 is 1.93 bits per heavy atom. The van der Waals surface area contributed by atoms with Gasteiger partial charge in [0.1, 0.15) is 23.0 Å². The fraction of sp³-hybridized carbons (Fsp3) is 0.500. The average molecular weight is 562 g/mol. The highest BCUT2D eigenvalue weighted by Crippen LogP contribution is 2.38. The minimum atomic E-state index is -0.496. The zero-order chi connectivity index (χ0) is 28.9. The second kappa shape index (κ2) is 10.8. The van der Waals surface area contributed by atoms with E-state index in [-0.39, 0.29) is 11.6 Å². The predicted molar refractivity (Wildman–Crippen MR) is 161 cm³/mol. The quantitative estimate of drug-likeness (QED) is 0.358. The summed E-state index contributed by atoms with van der Waals surface area (Å²) >= 11 is 0. The maximum atomic E-state index is 15.2. The van der Waals surface area contributed by atoms with Gasteiger partial charge in [0.25, 0.3) is 0 Å². The van der Waals surface area contributed by atoms with E-state index in [9.17, 15) is 0 Å². The minimum absolute atomic E-state index is 0.0810. The number of aryl methyl sites for hydroxylation is 1. The predicted octanol–water partition coefficient (Wildman–Crippen LogP) is 5.43. The Morgan fingerprint density at radius 3 is 2.63 bits per heavy atom. The van der Waals surface area contributed by atoms with E-state index in [0.717, 1.165) is 50.4 Å². The van der Waals surface area contributed by atoms with E-state index in [1.807, 2.05) is 13.0 Å². The topological polar surface area (TPSA) is 75.2 Å². The zero-order valence-corrected chi connectivity index (χ0v) is 24.5. The van der Waals surface area contributed by atoms with Gasteiger partial charge in [-0.2, -0.15) is 0 Å². The van der Waals surface area contributed by atoms with E-state index in [1.54, 1.807) is 12.3 Å². The van der Waals surface area contributed by atoms with Crippen molar-refractivity contribution in [2.45, 2.75) is 77.0 Å². The first-order chi connectivity index (χ1) is 19.7. The molecule has 218 valence electrons. The molecule has 6 rings (SSSR count). The molecule has 2 saturated heterocycles. The molecule has 3 aromatic rings. The van der Waals surface area contributed by atoms with Gasteiger partial charge in [-0.3, -0.25) is 4.90 Å². The van der Waals surface area contributed by atoms with Gasteiger partial charge in [0.05, 0.1) is 11.7 Å². The number of nitrogens with zero attached hydrogens (tertiary/aromatic N) is 5. The molecule has 7 nitrogen and oxygen atoms in total. The van der Waals surface area contributed by atoms with Crippen molar-refractivity contribution in [3.8, 4) is 11.1 Å². The normalized spacial score (nSPS) is 23.5. The molecule has 2 fully saturated rings. The van der Waals surface area contributed by atoms with Gasteiger partial charge in [0.2, 0.25) is 0 Å². The van der Waals surface area contributed by atoms with E-state index in [1.165, 1.54) is 25.1 Å². The lowest BCUT2D eigenvalue weighted by molar-refractivity contribution is 0.0787. The van der Waals surface area contributed by atoms with Crippen molar-refractivity contribution in [3.05, 3.63) is 65.8 Å². The highest BCUT2D eigenvalue weighted by molar-refractivity contribution is 5.84. The van der Waals surface area contributed by atoms with Crippen LogP contribution in [0.5, 0.6) is 0 Å². The molecule has 3 aliphatic heterocycles. The van der Waals surface area contributed by atoms with Crippen LogP contribution < -0.4 is 11.1 Å². The van der Waals surface area contributed by atoms with Crippen molar-refractivity contribution in [1.29, 1.82) is 0 Å². The number of fused-ring (bicyclic) bond motifs is 5. The van der Waals surface area contributed by atoms with E-state index in [4.69, 9.17) is 5.73 Å². The molecule has 0 radical (unpaired) electrons. The maximum absolute atomic E-state index is 15.2. The third-order valence-electron chi connectivity index (χ3n) is 9.23. The third-order valence-corrected chi connectivity index (χ3v) is 9.23. The minimum Gasteiger partial charge on any atom is -0.404 e. The summed E-state index contributed by atoms with van der Waals surface area (Å²) in [5.74, 6) is 0.456. The second-order valence-electron chi connectivity index (χ2n) is 12.5. The van der Waals surface area contributed by atoms with Crippen LogP contribution in [0.1, 0.15) is 52.8 Å². The Balaban J connectivity index is 1.18. The lowest BCUT2D eigenvalue weighted by atomic mass is 10.0. The molecule has 41 heavy (non-hydrogen) atoms. The number of aromatic nitrogens is 3. The van der Waals surface area contributed by atoms with Crippen LogP contribution in [-0.2, 0) is 12.0 Å². The van der Waals surface area contributed by atoms with Gasteiger partial charge in [-0.05, 0) is 82.1 Å². The summed E-state index contributed by atoms with van der Waals surface area (Å²) in [5, 5.41) is 3.34. The van der Waals surface area contributed by atoms with Gasteiger partial charge in [-0.1, -0.05) is 19.1 Å². The molecule has 3 N–H and O–H groups in total. The molecule has 0 saturated carbocycles. The number of halogens is 2. The number of nitrogens with two attached hydrogens (primary N) is 1. The number of benzene rings is 1. The summed E-state index contributed by atoms with van der Waals surface area (Å²) < 4.78 is 32.3. The van der Waals surface area contributed by atoms with Crippen molar-refractivity contribution in [3.63, 3.8) is 0 Å². The van der Waals surface area contributed by atoms with Crippen LogP contribution >= 0.6 is 0 Å². The van der Waals surface area contributed by atoms with Crippen molar-refractivity contribution in [2.75, 3.05) is 31.5 Å². The fourth-order valence-corrected chi connectivity index (χ4v) is 6.97. The zero-order valence-electron chi connectivity index (χ0n) is 24.5. The van der Waals surface area contributed by atoms with Crippen molar-refractivity contribution < 1.29 is 8.78 Å². The van der Waals surface area contributed by atoms with Crippen LogP contribution in [-0.4, -0.2) is 68.6 Å². The van der Waals surface area contributed by atoms with E-state index < -0.39 is 11.6 Å². The van der Waals surface area contributed by atoms with Crippen LogP contribution in [0.3, 0.4) is 0 Å². The van der Waals surface area contributed by atoms with E-state index in [0.29, 0.717) is 40.1 Å². The molecule has 2 aromatic heterocycles. The van der Waals surface area contributed by atoms with Gasteiger partial charge >= 0.3 is 0 Å². The summed E-state index contributed by atoms with van der Waals surface area (Å²) in [6, 6.07) is 5.97. The monoisotopic (exact) mass is 561 g/mol. The second-order valence-corrected chi connectivity index (χ2v) is 12.5. The first kappa shape index (κ1) is 27.8. The summed E-state index contributed by atoms with van der Waals surface area (Å²) in [7, 11) is 0. The lowest BCUT2D eigenvalue weighted by Crippen LogP contribution is -2.53. The lowest BCUT2D eigenvalue weighted by Gasteiger charge is -2.40. The summed E-state index contributed by atoms with van der Waals surface area (Å²) in [6.45, 7) is 12.7. The number of anilines is 1. The maximum Gasteiger partial charge on any atom is 0.151 e. The van der Waals surface area contributed by atoms with Gasteiger partial charge in [-0.15, -0.1) is 0 Å². The molecule has 3 aliphatic rings. The largest absolute Gasteiger partial charge is 0.404 e. The summed E-state index contributed by atoms with van der Waals surface area (Å²) in [4.78, 5) is 14.0. The molecule has 1 aromatic carbocycles. The third kappa shape index (κ3) is 5.26. The van der Waals surface area contributed by atoms with Crippen LogP contribution in [0.2, 0.25) is 0 Å². The van der Waals surface area contributed by atoms with Crippen molar-refractivity contribution >= 4 is 16.9 Å². The molecule has 9 heteroatoms. The molecule has 0 aliphatic carbocycles. The SMILES string of the molecule is CCN1CC2CCC(C1)N2CC(/C=C\C(C)Nc1cc(-c2cc(F)c3nc4n(c3c2)C(C)(C)CC4)c(F)cn1)=C/N. The number of likely N-dealkylation sites (tertiary alicyclic amines) is 1.